The third-order valence-electron chi connectivity index (χ3n) is 7.31. The normalized spacial score (nSPS) is 25.6. The van der Waals surface area contributed by atoms with E-state index in [0.29, 0.717) is 12.8 Å². The number of nitrogens with zero attached hydrogens (tertiary/aromatic N) is 4. The molecule has 7 nitrogen and oxygen atoms in total. The smallest absolute Gasteiger partial charge is 0.306 e. The molecule has 1 atom stereocenters. The van der Waals surface area contributed by atoms with Crippen molar-refractivity contribution in [1.82, 2.24) is 4.98 Å². The first-order valence-electron chi connectivity index (χ1n) is 11.9. The molecule has 1 saturated carbocycles. The van der Waals surface area contributed by atoms with Gasteiger partial charge in [-0.25, -0.2) is 4.98 Å². The van der Waals surface area contributed by atoms with Gasteiger partial charge in [-0.3, -0.25) is 9.79 Å². The fraction of sp³-hybridized carbons (Fsp3) is 0.214. The molecule has 0 amide bonds. The van der Waals surface area contributed by atoms with E-state index in [1.807, 2.05) is 30.5 Å². The van der Waals surface area contributed by atoms with Crippen LogP contribution < -0.4 is 5.84 Å². The van der Waals surface area contributed by atoms with Gasteiger partial charge in [0.05, 0.1) is 35.5 Å². The molecule has 7 heteroatoms. The highest BCUT2D eigenvalue weighted by Gasteiger charge is 2.47. The number of pyridine rings is 1. The fourth-order valence-electron chi connectivity index (χ4n) is 5.36. The molecule has 0 bridgehead atoms. The Hall–Kier alpha value is -3.94. The number of rotatable bonds is 4. The highest BCUT2D eigenvalue weighted by Crippen LogP contribution is 2.41. The minimum Gasteiger partial charge on any atom is -0.481 e. The van der Waals surface area contributed by atoms with E-state index in [-0.39, 0.29) is 16.4 Å². The van der Waals surface area contributed by atoms with Crippen molar-refractivity contribution >= 4 is 34.6 Å². The van der Waals surface area contributed by atoms with Crippen molar-refractivity contribution in [2.24, 2.45) is 27.7 Å². The maximum absolute atomic E-state index is 11.4. The molecule has 0 spiro atoms. The summed E-state index contributed by atoms with van der Waals surface area (Å²) >= 11 is 0. The number of benzene rings is 2. The van der Waals surface area contributed by atoms with Crippen LogP contribution in [-0.4, -0.2) is 32.7 Å². The predicted molar refractivity (Wildman–Crippen MR) is 137 cm³/mol. The van der Waals surface area contributed by atoms with Crippen molar-refractivity contribution in [3.63, 3.8) is 0 Å². The summed E-state index contributed by atoms with van der Waals surface area (Å²) in [6.07, 6.45) is 8.16. The molecule has 1 aromatic heterocycles. The molecule has 0 radical (unpaired) electrons. The van der Waals surface area contributed by atoms with Crippen LogP contribution in [0.2, 0.25) is 0 Å². The summed E-state index contributed by atoms with van der Waals surface area (Å²) in [5.41, 5.74) is 5.44. The molecular weight excluding hydrogens is 438 g/mol. The number of quaternary nitrogens is 1. The second kappa shape index (κ2) is 8.37. The number of nitrogens with two attached hydrogens (primary N) is 1. The van der Waals surface area contributed by atoms with Crippen LogP contribution in [0.3, 0.4) is 0 Å². The third-order valence-corrected chi connectivity index (χ3v) is 7.31. The Morgan fingerprint density at radius 2 is 1.74 bits per heavy atom. The van der Waals surface area contributed by atoms with Crippen LogP contribution in [-0.2, 0) is 4.79 Å². The minimum atomic E-state index is -0.712. The van der Waals surface area contributed by atoms with E-state index in [4.69, 9.17) is 15.8 Å². The van der Waals surface area contributed by atoms with Gasteiger partial charge in [0.1, 0.15) is 11.9 Å². The quantitative estimate of drug-likeness (QED) is 0.413. The number of carbonyl (C=O) groups is 1. The molecule has 1 unspecified atom stereocenters. The first-order chi connectivity index (χ1) is 17.0. The van der Waals surface area contributed by atoms with Crippen molar-refractivity contribution in [3.8, 4) is 11.3 Å². The van der Waals surface area contributed by atoms with E-state index in [1.165, 1.54) is 0 Å². The van der Waals surface area contributed by atoms with E-state index in [1.54, 1.807) is 12.4 Å². The molecule has 6 rings (SSSR count). The molecule has 0 saturated heterocycles. The summed E-state index contributed by atoms with van der Waals surface area (Å²) in [5, 5.41) is 10.5. The topological polar surface area (TPSA) is 101 Å². The number of amidine groups is 1. The third kappa shape index (κ3) is 3.69. The number of carboxylic acids is 1. The van der Waals surface area contributed by atoms with E-state index in [2.05, 4.69) is 41.4 Å². The number of aliphatic imine (C=N–C) groups is 2. The van der Waals surface area contributed by atoms with Crippen LogP contribution in [0.4, 0.5) is 0 Å². The molecule has 2 aliphatic heterocycles. The van der Waals surface area contributed by atoms with Crippen LogP contribution in [0.15, 0.2) is 88.7 Å². The van der Waals surface area contributed by atoms with Gasteiger partial charge >= 0.3 is 5.97 Å². The van der Waals surface area contributed by atoms with Gasteiger partial charge in [-0.1, -0.05) is 48.5 Å². The maximum atomic E-state index is 11.4. The van der Waals surface area contributed by atoms with Crippen molar-refractivity contribution in [2.45, 2.75) is 25.7 Å². The number of allylic oxidation sites excluding steroid dienone is 1. The number of fused-ring (bicyclic) bond motifs is 2. The van der Waals surface area contributed by atoms with Gasteiger partial charge in [0.15, 0.2) is 0 Å². The van der Waals surface area contributed by atoms with Crippen LogP contribution in [0.5, 0.6) is 0 Å². The van der Waals surface area contributed by atoms with E-state index < -0.39 is 5.97 Å². The molecule has 3 heterocycles. The molecule has 3 N–H and O–H groups in total. The van der Waals surface area contributed by atoms with Crippen molar-refractivity contribution in [1.29, 1.82) is 0 Å². The summed E-state index contributed by atoms with van der Waals surface area (Å²) < 4.78 is -0.00322. The number of aliphatic carboxylic acids is 1. The van der Waals surface area contributed by atoms with Crippen LogP contribution in [0, 0.1) is 11.8 Å². The van der Waals surface area contributed by atoms with Gasteiger partial charge in [-0.2, -0.15) is 10.8 Å². The number of carboxylic acid groups (broad SMARTS) is 1. The first-order valence-corrected chi connectivity index (χ1v) is 11.9. The van der Waals surface area contributed by atoms with Crippen LogP contribution in [0.25, 0.3) is 27.9 Å². The van der Waals surface area contributed by atoms with Gasteiger partial charge in [0, 0.05) is 16.5 Å². The van der Waals surface area contributed by atoms with Gasteiger partial charge in [0.2, 0.25) is 11.5 Å². The zero-order valence-electron chi connectivity index (χ0n) is 19.2. The van der Waals surface area contributed by atoms with Crippen molar-refractivity contribution in [3.05, 3.63) is 84.3 Å². The van der Waals surface area contributed by atoms with E-state index in [0.717, 1.165) is 57.8 Å². The molecular formula is C28H26N5O2+. The summed E-state index contributed by atoms with van der Waals surface area (Å²) in [6.45, 7) is 0. The van der Waals surface area contributed by atoms with Crippen molar-refractivity contribution < 1.29 is 14.5 Å². The largest absolute Gasteiger partial charge is 0.481 e. The van der Waals surface area contributed by atoms with Crippen LogP contribution >= 0.6 is 0 Å². The zero-order valence-corrected chi connectivity index (χ0v) is 19.2. The Labute approximate surface area is 203 Å². The van der Waals surface area contributed by atoms with Crippen molar-refractivity contribution in [2.75, 3.05) is 0 Å². The minimum absolute atomic E-state index is 0.00322. The van der Waals surface area contributed by atoms with E-state index >= 15 is 0 Å². The fourth-order valence-corrected chi connectivity index (χ4v) is 5.36. The van der Waals surface area contributed by atoms with Gasteiger partial charge in [0.25, 0.3) is 0 Å². The number of hydrogen-bond donors (Lipinski definition) is 2. The summed E-state index contributed by atoms with van der Waals surface area (Å²) in [7, 11) is 0. The average Bonchev–Trinajstić information content (AvgIpc) is 3.21. The molecule has 1 aliphatic carbocycles. The van der Waals surface area contributed by atoms with Gasteiger partial charge in [-0.05, 0) is 37.8 Å². The lowest BCUT2D eigenvalue weighted by molar-refractivity contribution is -0.754. The first kappa shape index (κ1) is 21.6. The highest BCUT2D eigenvalue weighted by atomic mass is 16.4. The second-order valence-corrected chi connectivity index (χ2v) is 9.41. The maximum Gasteiger partial charge on any atom is 0.306 e. The van der Waals surface area contributed by atoms with Gasteiger partial charge in [-0.15, -0.1) is 4.59 Å². The monoisotopic (exact) mass is 464 g/mol. The lowest BCUT2D eigenvalue weighted by atomic mass is 9.81. The Kier molecular flexibility index (Phi) is 5.16. The Bertz CT molecular complexity index is 1450. The van der Waals surface area contributed by atoms with E-state index in [9.17, 15) is 9.90 Å². The molecule has 35 heavy (non-hydrogen) atoms. The Morgan fingerprint density at radius 3 is 2.51 bits per heavy atom. The van der Waals surface area contributed by atoms with Gasteiger partial charge < -0.3 is 5.11 Å². The second-order valence-electron chi connectivity index (χ2n) is 9.41. The molecule has 2 aromatic carbocycles. The van der Waals surface area contributed by atoms with Crippen LogP contribution in [0.1, 0.15) is 31.2 Å². The molecule has 3 aromatic rings. The SMILES string of the molecule is N[N+]12C=CN=CC1=C(c1ccc3ccc(-c4ccccc4)nc3c1)N=C2[C@H]1CC[C@H](C(=O)O)CC1. The predicted octanol–water partition coefficient (Wildman–Crippen LogP) is 5.12. The zero-order chi connectivity index (χ0) is 24.0. The summed E-state index contributed by atoms with van der Waals surface area (Å²) in [4.78, 5) is 25.8. The Morgan fingerprint density at radius 1 is 0.971 bits per heavy atom. The molecule has 174 valence electrons. The number of aromatic nitrogens is 1. The molecule has 3 aliphatic rings. The lowest BCUT2D eigenvalue weighted by Crippen LogP contribution is -2.55. The lowest BCUT2D eigenvalue weighted by Gasteiger charge is -2.33. The molecule has 1 fully saturated rings. The highest BCUT2D eigenvalue weighted by molar-refractivity contribution is 6.01. The standard InChI is InChI=1S/C28H25N5O2/c29-33-15-14-30-17-25(33)26(32-27(33)20-7-9-21(10-8-20)28(34)35)22-11-6-19-12-13-23(31-24(19)16-22)18-4-2-1-3-5-18/h1-6,11-17,20-21H,7-10,29H2/p+1/t20-,21-,33?. The average molecular weight is 465 g/mol. The number of hydrogen-bond acceptors (Lipinski definition) is 5. The summed E-state index contributed by atoms with van der Waals surface area (Å²) in [6, 6.07) is 20.4. The summed E-state index contributed by atoms with van der Waals surface area (Å²) in [5.74, 6) is 6.90. The Balaban J connectivity index is 1.40.